The van der Waals surface area contributed by atoms with Crippen molar-refractivity contribution in [2.75, 3.05) is 6.54 Å². The summed E-state index contributed by atoms with van der Waals surface area (Å²) < 4.78 is 32.2. The van der Waals surface area contributed by atoms with Crippen molar-refractivity contribution in [1.29, 1.82) is 0 Å². The van der Waals surface area contributed by atoms with E-state index in [0.717, 1.165) is 16.7 Å². The van der Waals surface area contributed by atoms with Crippen LogP contribution >= 0.6 is 0 Å². The highest BCUT2D eigenvalue weighted by atomic mass is 32.2. The molecule has 3 N–H and O–H groups in total. The van der Waals surface area contributed by atoms with Crippen molar-refractivity contribution in [1.82, 2.24) is 0 Å². The van der Waals surface area contributed by atoms with E-state index in [1.807, 2.05) is 48.5 Å². The van der Waals surface area contributed by atoms with Gasteiger partial charge in [-0.1, -0.05) is 64.1 Å². The second-order valence-corrected chi connectivity index (χ2v) is 12.4. The molecule has 4 aromatic rings. The lowest BCUT2D eigenvalue weighted by Gasteiger charge is -2.29. The van der Waals surface area contributed by atoms with E-state index in [0.29, 0.717) is 18.0 Å². The van der Waals surface area contributed by atoms with Crippen molar-refractivity contribution in [3.63, 3.8) is 0 Å². The van der Waals surface area contributed by atoms with E-state index in [9.17, 15) is 13.5 Å². The summed E-state index contributed by atoms with van der Waals surface area (Å²) in [6.45, 7) is 8.73. The zero-order chi connectivity index (χ0) is 26.8. The van der Waals surface area contributed by atoms with Crippen molar-refractivity contribution < 1.29 is 18.3 Å². The molecule has 37 heavy (non-hydrogen) atoms. The summed E-state index contributed by atoms with van der Waals surface area (Å²) in [5.74, 6) is 1.38. The lowest BCUT2D eigenvalue weighted by molar-refractivity contribution is 0.474. The molecular formula is C31H33NO4S. The highest BCUT2D eigenvalue weighted by Gasteiger charge is 2.27. The number of hydrogen-bond donors (Lipinski definition) is 2. The first-order chi connectivity index (χ1) is 17.4. The largest absolute Gasteiger partial charge is 0.508 e. The molecule has 0 amide bonds. The second kappa shape index (κ2) is 10.0. The molecule has 0 aromatic heterocycles. The summed E-state index contributed by atoms with van der Waals surface area (Å²) in [5, 5.41) is 9.62. The van der Waals surface area contributed by atoms with Crippen molar-refractivity contribution >= 4 is 9.84 Å². The molecule has 0 spiro atoms. The summed E-state index contributed by atoms with van der Waals surface area (Å²) >= 11 is 0. The number of phenolic OH excluding ortho intramolecular Hbond substituents is 1. The van der Waals surface area contributed by atoms with Crippen LogP contribution < -0.4 is 10.5 Å². The first-order valence-corrected chi connectivity index (χ1v) is 13.7. The van der Waals surface area contributed by atoms with Gasteiger partial charge in [0.15, 0.2) is 0 Å². The van der Waals surface area contributed by atoms with E-state index in [4.69, 9.17) is 10.5 Å². The number of rotatable bonds is 7. The van der Waals surface area contributed by atoms with Crippen LogP contribution in [0.4, 0.5) is 0 Å². The van der Waals surface area contributed by atoms with Crippen LogP contribution in [-0.4, -0.2) is 20.1 Å². The van der Waals surface area contributed by atoms with Crippen LogP contribution in [0.5, 0.6) is 17.2 Å². The van der Waals surface area contributed by atoms with E-state index in [1.54, 1.807) is 48.5 Å². The predicted molar refractivity (Wildman–Crippen MR) is 147 cm³/mol. The van der Waals surface area contributed by atoms with Crippen LogP contribution in [-0.2, 0) is 20.7 Å². The number of nitrogens with two attached hydrogens (primary N) is 1. The minimum Gasteiger partial charge on any atom is -0.508 e. The third kappa shape index (κ3) is 5.55. The van der Waals surface area contributed by atoms with Gasteiger partial charge < -0.3 is 15.6 Å². The van der Waals surface area contributed by atoms with Gasteiger partial charge in [-0.05, 0) is 82.8 Å². The van der Waals surface area contributed by atoms with Crippen LogP contribution in [0.15, 0.2) is 107 Å². The first kappa shape index (κ1) is 26.5. The van der Waals surface area contributed by atoms with Gasteiger partial charge in [-0.2, -0.15) is 0 Å². The molecule has 192 valence electrons. The second-order valence-electron chi connectivity index (χ2n) is 10.5. The molecule has 6 heteroatoms. The topological polar surface area (TPSA) is 89.6 Å². The molecule has 0 bridgehead atoms. The minimum absolute atomic E-state index is 0.0477. The first-order valence-electron chi connectivity index (χ1n) is 12.2. The highest BCUT2D eigenvalue weighted by molar-refractivity contribution is 7.91. The molecule has 0 saturated heterocycles. The van der Waals surface area contributed by atoms with Crippen LogP contribution in [0.25, 0.3) is 0 Å². The predicted octanol–water partition coefficient (Wildman–Crippen LogP) is 6.58. The molecule has 4 aromatic carbocycles. The van der Waals surface area contributed by atoms with Gasteiger partial charge in [0.25, 0.3) is 0 Å². The van der Waals surface area contributed by atoms with Crippen LogP contribution in [0, 0.1) is 0 Å². The fourth-order valence-corrected chi connectivity index (χ4v) is 5.48. The van der Waals surface area contributed by atoms with Crippen molar-refractivity contribution in [3.05, 3.63) is 114 Å². The summed E-state index contributed by atoms with van der Waals surface area (Å²) in [7, 11) is -3.63. The molecule has 1 atom stereocenters. The molecule has 0 aliphatic heterocycles. The van der Waals surface area contributed by atoms with E-state index in [1.165, 1.54) is 0 Å². The highest BCUT2D eigenvalue weighted by Crippen LogP contribution is 2.34. The van der Waals surface area contributed by atoms with E-state index >= 15 is 0 Å². The summed E-state index contributed by atoms with van der Waals surface area (Å²) in [6, 6.07) is 28.2. The Morgan fingerprint density at radius 2 is 1.03 bits per heavy atom. The Morgan fingerprint density at radius 3 is 1.46 bits per heavy atom. The Labute approximate surface area is 219 Å². The van der Waals surface area contributed by atoms with Crippen molar-refractivity contribution in [3.8, 4) is 17.2 Å². The Hall–Kier alpha value is -3.61. The van der Waals surface area contributed by atoms with Crippen molar-refractivity contribution in [2.45, 2.75) is 48.3 Å². The average Bonchev–Trinajstić information content (AvgIpc) is 2.89. The maximum atomic E-state index is 13.1. The van der Waals surface area contributed by atoms with Gasteiger partial charge >= 0.3 is 0 Å². The molecule has 0 heterocycles. The molecule has 0 aliphatic carbocycles. The maximum Gasteiger partial charge on any atom is 0.206 e. The number of benzene rings is 4. The minimum atomic E-state index is -3.63. The summed E-state index contributed by atoms with van der Waals surface area (Å²) in [4.78, 5) is 0.479. The van der Waals surface area contributed by atoms with Gasteiger partial charge in [0, 0.05) is 12.0 Å². The van der Waals surface area contributed by atoms with Gasteiger partial charge in [0.1, 0.15) is 17.2 Å². The Balaban J connectivity index is 1.50. The Morgan fingerprint density at radius 1 is 0.649 bits per heavy atom. The summed E-state index contributed by atoms with van der Waals surface area (Å²) in [5.41, 5.74) is 8.78. The standard InChI is InChI=1S/C31H33NO4S/c1-30(2,3)22-9-17-28(18-10-22)37(34,35)29-19-15-27(16-20-29)36-26-13-7-24(8-14-26)31(4,21-32)23-5-11-25(33)12-6-23/h5-20,33H,21,32H2,1-4H3. The van der Waals surface area contributed by atoms with Gasteiger partial charge in [-0.15, -0.1) is 0 Å². The molecule has 1 unspecified atom stereocenters. The molecule has 4 rings (SSSR count). The van der Waals surface area contributed by atoms with Crippen LogP contribution in [0.1, 0.15) is 44.4 Å². The van der Waals surface area contributed by atoms with Gasteiger partial charge in [0.2, 0.25) is 9.84 Å². The zero-order valence-electron chi connectivity index (χ0n) is 21.6. The number of aromatic hydroxyl groups is 1. The summed E-state index contributed by atoms with van der Waals surface area (Å²) in [6.07, 6.45) is 0. The molecule has 5 nitrogen and oxygen atoms in total. The SMILES string of the molecule is CC(C)(C)c1ccc(S(=O)(=O)c2ccc(Oc3ccc(C(C)(CN)c4ccc(O)cc4)cc3)cc2)cc1. The van der Waals surface area contributed by atoms with Crippen molar-refractivity contribution in [2.24, 2.45) is 5.73 Å². The third-order valence-electron chi connectivity index (χ3n) is 6.80. The zero-order valence-corrected chi connectivity index (χ0v) is 22.4. The van der Waals surface area contributed by atoms with E-state index in [2.05, 4.69) is 27.7 Å². The smallest absolute Gasteiger partial charge is 0.206 e. The number of sulfone groups is 1. The number of hydrogen-bond acceptors (Lipinski definition) is 5. The Bertz CT molecular complexity index is 1450. The molecule has 0 radical (unpaired) electrons. The van der Waals surface area contributed by atoms with Gasteiger partial charge in [0.05, 0.1) is 9.79 Å². The fraction of sp³-hybridized carbons (Fsp3) is 0.226. The third-order valence-corrected chi connectivity index (χ3v) is 8.59. The number of ether oxygens (including phenoxy) is 1. The van der Waals surface area contributed by atoms with Gasteiger partial charge in [-0.3, -0.25) is 0 Å². The molecule has 0 saturated carbocycles. The molecule has 0 fully saturated rings. The van der Waals surface area contributed by atoms with E-state index < -0.39 is 15.3 Å². The lowest BCUT2D eigenvalue weighted by Crippen LogP contribution is -2.33. The van der Waals surface area contributed by atoms with Crippen LogP contribution in [0.3, 0.4) is 0 Å². The van der Waals surface area contributed by atoms with Crippen LogP contribution in [0.2, 0.25) is 0 Å². The fourth-order valence-electron chi connectivity index (χ4n) is 4.22. The normalized spacial score (nSPS) is 13.6. The van der Waals surface area contributed by atoms with E-state index in [-0.39, 0.29) is 21.0 Å². The number of phenols is 1. The maximum absolute atomic E-state index is 13.1. The average molecular weight is 516 g/mol. The quantitative estimate of drug-likeness (QED) is 0.290. The molecular weight excluding hydrogens is 482 g/mol. The Kier molecular flexibility index (Phi) is 7.18. The van der Waals surface area contributed by atoms with Gasteiger partial charge in [-0.25, -0.2) is 8.42 Å². The lowest BCUT2D eigenvalue weighted by atomic mass is 9.76. The monoisotopic (exact) mass is 515 g/mol. The molecule has 0 aliphatic rings.